The predicted molar refractivity (Wildman–Crippen MR) is 135 cm³/mol. The van der Waals surface area contributed by atoms with E-state index in [0.29, 0.717) is 27.1 Å². The summed E-state index contributed by atoms with van der Waals surface area (Å²) in [7, 11) is 1.59. The Labute approximate surface area is 202 Å². The highest BCUT2D eigenvalue weighted by Crippen LogP contribution is 2.40. The fraction of sp³-hybridized carbons (Fsp3) is 0.111. The van der Waals surface area contributed by atoms with Gasteiger partial charge in [-0.15, -0.1) is 0 Å². The average molecular weight is 474 g/mol. The number of carbonyl (C=O) groups is 1. The summed E-state index contributed by atoms with van der Waals surface area (Å²) in [5.74, 6) is 1.30. The Morgan fingerprint density at radius 3 is 2.41 bits per heavy atom. The topological polar surface area (TPSA) is 77.4 Å². The van der Waals surface area contributed by atoms with Crippen LogP contribution in [0.25, 0.3) is 6.08 Å². The number of aliphatic hydroxyl groups excluding tert-OH is 1. The van der Waals surface area contributed by atoms with Crippen LogP contribution in [-0.2, 0) is 9.53 Å². The van der Waals surface area contributed by atoms with Gasteiger partial charge in [-0.2, -0.15) is 0 Å². The Morgan fingerprint density at radius 2 is 1.71 bits per heavy atom. The average Bonchev–Trinajstić information content (AvgIpc) is 3.15. The van der Waals surface area contributed by atoms with Crippen molar-refractivity contribution in [2.75, 3.05) is 13.7 Å². The number of thioether (sulfide) groups is 1. The monoisotopic (exact) mass is 473 g/mol. The van der Waals surface area contributed by atoms with E-state index in [1.54, 1.807) is 44.4 Å². The Kier molecular flexibility index (Phi) is 7.34. The van der Waals surface area contributed by atoms with Crippen molar-refractivity contribution in [2.45, 2.75) is 6.92 Å². The molecule has 0 saturated heterocycles. The molecular formula is C27H23NO5S. The number of rotatable bonds is 7. The molecule has 6 nitrogen and oxygen atoms in total. The predicted octanol–water partition coefficient (Wildman–Crippen LogP) is 6.68. The van der Waals surface area contributed by atoms with Gasteiger partial charge in [0.1, 0.15) is 33.6 Å². The van der Waals surface area contributed by atoms with Gasteiger partial charge in [0, 0.05) is 0 Å². The molecule has 1 aliphatic rings. The zero-order valence-electron chi connectivity index (χ0n) is 18.7. The molecule has 3 aromatic carbocycles. The molecule has 0 spiro atoms. The number of aliphatic imine (C=N–C) groups is 1. The number of ether oxygens (including phenoxy) is 3. The molecule has 4 rings (SSSR count). The molecule has 0 saturated carbocycles. The number of benzene rings is 3. The molecule has 1 N–H and O–H groups in total. The zero-order chi connectivity index (χ0) is 23.9. The van der Waals surface area contributed by atoms with Gasteiger partial charge in [-0.05, 0) is 67.1 Å². The standard InChI is InChI=1S/C27H23NO5S/c1-3-32-27(30)24-25(29)23(34-26(24)28-19-12-14-20(31-2)15-13-19)17-18-8-7-11-22(16-18)33-21-9-5-4-6-10-21/h4-17,29H,3H2,1-2H3/b23-17+,28-26?. The minimum Gasteiger partial charge on any atom is -0.506 e. The molecule has 0 aliphatic carbocycles. The summed E-state index contributed by atoms with van der Waals surface area (Å²) in [4.78, 5) is 17.7. The number of nitrogens with zero attached hydrogens (tertiary/aromatic N) is 1. The molecule has 34 heavy (non-hydrogen) atoms. The minimum atomic E-state index is -0.621. The van der Waals surface area contributed by atoms with E-state index in [-0.39, 0.29) is 17.9 Å². The maximum Gasteiger partial charge on any atom is 0.344 e. The molecule has 0 atom stereocenters. The SMILES string of the molecule is CCOC(=O)C1=C(O)/C(=C\c2cccc(Oc3ccccc3)c2)SC1=Nc1ccc(OC)cc1. The second-order valence-corrected chi connectivity index (χ2v) is 8.19. The Balaban J connectivity index is 1.66. The molecule has 0 amide bonds. The van der Waals surface area contributed by atoms with Crippen LogP contribution in [0, 0.1) is 0 Å². The van der Waals surface area contributed by atoms with Gasteiger partial charge in [0.25, 0.3) is 0 Å². The quantitative estimate of drug-likeness (QED) is 0.386. The summed E-state index contributed by atoms with van der Waals surface area (Å²) in [5, 5.41) is 11.3. The van der Waals surface area contributed by atoms with Crippen LogP contribution in [0.1, 0.15) is 12.5 Å². The van der Waals surface area contributed by atoms with Crippen molar-refractivity contribution < 1.29 is 24.1 Å². The first-order valence-electron chi connectivity index (χ1n) is 10.6. The van der Waals surface area contributed by atoms with Crippen LogP contribution in [0.3, 0.4) is 0 Å². The van der Waals surface area contributed by atoms with E-state index >= 15 is 0 Å². The van der Waals surface area contributed by atoms with Crippen LogP contribution in [0.5, 0.6) is 17.2 Å². The van der Waals surface area contributed by atoms with Crippen LogP contribution in [-0.4, -0.2) is 29.8 Å². The lowest BCUT2D eigenvalue weighted by molar-refractivity contribution is -0.138. The second kappa shape index (κ2) is 10.8. The molecule has 1 heterocycles. The van der Waals surface area contributed by atoms with Crippen molar-refractivity contribution in [2.24, 2.45) is 4.99 Å². The van der Waals surface area contributed by atoms with E-state index in [2.05, 4.69) is 4.99 Å². The molecule has 1 aliphatic heterocycles. The third-order valence-electron chi connectivity index (χ3n) is 4.81. The van der Waals surface area contributed by atoms with Crippen molar-refractivity contribution in [1.29, 1.82) is 0 Å². The largest absolute Gasteiger partial charge is 0.506 e. The fourth-order valence-corrected chi connectivity index (χ4v) is 4.24. The Bertz CT molecular complexity index is 1260. The number of aliphatic hydroxyl groups is 1. The van der Waals surface area contributed by atoms with Gasteiger partial charge in [-0.3, -0.25) is 0 Å². The summed E-state index contributed by atoms with van der Waals surface area (Å²) in [6.45, 7) is 1.90. The third kappa shape index (κ3) is 5.50. The van der Waals surface area contributed by atoms with Crippen LogP contribution < -0.4 is 9.47 Å². The molecular weight excluding hydrogens is 450 g/mol. The number of para-hydroxylation sites is 1. The van der Waals surface area contributed by atoms with Gasteiger partial charge in [-0.1, -0.05) is 42.1 Å². The number of carbonyl (C=O) groups excluding carboxylic acids is 1. The molecule has 0 radical (unpaired) electrons. The van der Waals surface area contributed by atoms with Gasteiger partial charge in [0.15, 0.2) is 0 Å². The Morgan fingerprint density at radius 1 is 0.971 bits per heavy atom. The summed E-state index contributed by atoms with van der Waals surface area (Å²) in [6, 6.07) is 24.1. The molecule has 172 valence electrons. The number of methoxy groups -OCH3 is 1. The number of hydrogen-bond acceptors (Lipinski definition) is 7. The van der Waals surface area contributed by atoms with E-state index in [4.69, 9.17) is 14.2 Å². The van der Waals surface area contributed by atoms with E-state index in [0.717, 1.165) is 11.3 Å². The Hall–Kier alpha value is -3.97. The zero-order valence-corrected chi connectivity index (χ0v) is 19.5. The normalized spacial score (nSPS) is 15.6. The van der Waals surface area contributed by atoms with Crippen LogP contribution >= 0.6 is 11.8 Å². The fourth-order valence-electron chi connectivity index (χ4n) is 3.21. The van der Waals surface area contributed by atoms with Crippen molar-refractivity contribution in [1.82, 2.24) is 0 Å². The molecule has 3 aromatic rings. The molecule has 0 bridgehead atoms. The third-order valence-corrected chi connectivity index (χ3v) is 5.83. The highest BCUT2D eigenvalue weighted by molar-refractivity contribution is 8.18. The molecule has 7 heteroatoms. The summed E-state index contributed by atoms with van der Waals surface area (Å²) >= 11 is 1.20. The highest BCUT2D eigenvalue weighted by atomic mass is 32.2. The van der Waals surface area contributed by atoms with E-state index in [1.807, 2.05) is 54.6 Å². The van der Waals surface area contributed by atoms with Crippen molar-refractivity contribution >= 4 is 34.5 Å². The van der Waals surface area contributed by atoms with Crippen molar-refractivity contribution in [3.8, 4) is 17.2 Å². The van der Waals surface area contributed by atoms with E-state index in [1.165, 1.54) is 11.8 Å². The molecule has 0 fully saturated rings. The maximum absolute atomic E-state index is 12.6. The van der Waals surface area contributed by atoms with Crippen molar-refractivity contribution in [3.63, 3.8) is 0 Å². The first kappa shape index (κ1) is 23.2. The summed E-state index contributed by atoms with van der Waals surface area (Å²) in [5.41, 5.74) is 1.47. The lowest BCUT2D eigenvalue weighted by Crippen LogP contribution is -2.12. The smallest absolute Gasteiger partial charge is 0.344 e. The van der Waals surface area contributed by atoms with Gasteiger partial charge < -0.3 is 19.3 Å². The summed E-state index contributed by atoms with van der Waals surface area (Å²) < 4.78 is 16.3. The van der Waals surface area contributed by atoms with Gasteiger partial charge in [0.2, 0.25) is 0 Å². The van der Waals surface area contributed by atoms with Gasteiger partial charge >= 0.3 is 5.97 Å². The lowest BCUT2D eigenvalue weighted by Gasteiger charge is -2.06. The van der Waals surface area contributed by atoms with Crippen LogP contribution in [0.15, 0.2) is 100 Å². The molecule has 0 unspecified atom stereocenters. The highest BCUT2D eigenvalue weighted by Gasteiger charge is 2.33. The number of hydrogen-bond donors (Lipinski definition) is 1. The minimum absolute atomic E-state index is 0.0469. The van der Waals surface area contributed by atoms with Crippen LogP contribution in [0.2, 0.25) is 0 Å². The second-order valence-electron chi connectivity index (χ2n) is 7.16. The molecule has 0 aromatic heterocycles. The maximum atomic E-state index is 12.6. The first-order valence-corrected chi connectivity index (χ1v) is 11.5. The van der Waals surface area contributed by atoms with Crippen molar-refractivity contribution in [3.05, 3.63) is 101 Å². The van der Waals surface area contributed by atoms with E-state index < -0.39 is 5.97 Å². The van der Waals surface area contributed by atoms with E-state index in [9.17, 15) is 9.90 Å². The first-order chi connectivity index (χ1) is 16.6. The number of esters is 1. The lowest BCUT2D eigenvalue weighted by atomic mass is 10.1. The van der Waals surface area contributed by atoms with Gasteiger partial charge in [0.05, 0.1) is 24.3 Å². The summed E-state index contributed by atoms with van der Waals surface area (Å²) in [6.07, 6.45) is 1.79. The van der Waals surface area contributed by atoms with Gasteiger partial charge in [-0.25, -0.2) is 9.79 Å². The van der Waals surface area contributed by atoms with Crippen LogP contribution in [0.4, 0.5) is 5.69 Å².